The van der Waals surface area contributed by atoms with Crippen molar-refractivity contribution < 1.29 is 13.5 Å². The van der Waals surface area contributed by atoms with E-state index in [9.17, 15) is 13.5 Å². The molecule has 0 aliphatic rings. The first-order valence-corrected chi connectivity index (χ1v) is 7.10. The summed E-state index contributed by atoms with van der Waals surface area (Å²) in [7, 11) is -3.76. The van der Waals surface area contributed by atoms with Gasteiger partial charge in [-0.25, -0.2) is 13.6 Å². The molecule has 1 rings (SSSR count). The van der Waals surface area contributed by atoms with Gasteiger partial charge in [0.05, 0.1) is 28.9 Å². The summed E-state index contributed by atoms with van der Waals surface area (Å²) in [6.07, 6.45) is 0. The quantitative estimate of drug-likeness (QED) is 0.577. The average Bonchev–Trinajstić information content (AvgIpc) is 2.25. The van der Waals surface area contributed by atoms with E-state index in [0.29, 0.717) is 11.4 Å². The highest BCUT2D eigenvalue weighted by atomic mass is 32.2. The molecule has 0 aromatic heterocycles. The predicted octanol–water partition coefficient (Wildman–Crippen LogP) is 0.345. The summed E-state index contributed by atoms with van der Waals surface area (Å²) in [6, 6.07) is 3.98. The van der Waals surface area contributed by atoms with Crippen molar-refractivity contribution in [2.45, 2.75) is 24.8 Å². The highest BCUT2D eigenvalue weighted by molar-refractivity contribution is 7.89. The molecule has 102 valence electrons. The standard InChI is InChI=1S/C11H19N3O3S/c1-7(2)11(6-15)14-10-5-8(18(13,16)17)3-4-9(10)12/h3-5,7,11,14-15H,6,12H2,1-2H3,(H2,13,16,17)/t11-/m1/s1. The Labute approximate surface area is 107 Å². The largest absolute Gasteiger partial charge is 0.397 e. The fourth-order valence-electron chi connectivity index (χ4n) is 1.46. The zero-order valence-electron chi connectivity index (χ0n) is 10.4. The van der Waals surface area contributed by atoms with Gasteiger partial charge in [0.2, 0.25) is 10.0 Å². The van der Waals surface area contributed by atoms with E-state index in [4.69, 9.17) is 10.9 Å². The lowest BCUT2D eigenvalue weighted by molar-refractivity contribution is 0.249. The van der Waals surface area contributed by atoms with E-state index in [1.165, 1.54) is 18.2 Å². The van der Waals surface area contributed by atoms with Gasteiger partial charge in [0.25, 0.3) is 0 Å². The molecule has 1 atom stereocenters. The number of aliphatic hydroxyl groups excluding tert-OH is 1. The minimum Gasteiger partial charge on any atom is -0.397 e. The summed E-state index contributed by atoms with van der Waals surface area (Å²) >= 11 is 0. The Kier molecular flexibility index (Phi) is 4.55. The van der Waals surface area contributed by atoms with Crippen LogP contribution in [-0.2, 0) is 10.0 Å². The molecule has 0 unspecified atom stereocenters. The van der Waals surface area contributed by atoms with Gasteiger partial charge in [-0.2, -0.15) is 0 Å². The summed E-state index contributed by atoms with van der Waals surface area (Å²) in [5.41, 5.74) is 6.61. The van der Waals surface area contributed by atoms with E-state index in [-0.39, 0.29) is 23.5 Å². The van der Waals surface area contributed by atoms with Gasteiger partial charge in [0.15, 0.2) is 0 Å². The zero-order valence-corrected chi connectivity index (χ0v) is 11.2. The van der Waals surface area contributed by atoms with E-state index in [0.717, 1.165) is 0 Å². The van der Waals surface area contributed by atoms with Crippen LogP contribution in [-0.4, -0.2) is 26.2 Å². The first-order valence-electron chi connectivity index (χ1n) is 5.55. The Balaban J connectivity index is 3.09. The molecular weight excluding hydrogens is 254 g/mol. The van der Waals surface area contributed by atoms with Crippen molar-refractivity contribution in [2.24, 2.45) is 11.1 Å². The summed E-state index contributed by atoms with van der Waals surface area (Å²) in [4.78, 5) is -0.0142. The van der Waals surface area contributed by atoms with E-state index in [1.807, 2.05) is 13.8 Å². The summed E-state index contributed by atoms with van der Waals surface area (Å²) in [5, 5.41) is 17.3. The van der Waals surface area contributed by atoms with Crippen molar-refractivity contribution in [3.8, 4) is 0 Å². The third-order valence-corrected chi connectivity index (χ3v) is 3.61. The Morgan fingerprint density at radius 3 is 2.44 bits per heavy atom. The molecule has 6 nitrogen and oxygen atoms in total. The third kappa shape index (κ3) is 3.59. The van der Waals surface area contributed by atoms with Gasteiger partial charge in [0, 0.05) is 0 Å². The lowest BCUT2D eigenvalue weighted by Crippen LogP contribution is -2.30. The number of hydrogen-bond donors (Lipinski definition) is 4. The number of aliphatic hydroxyl groups is 1. The van der Waals surface area contributed by atoms with Crippen LogP contribution in [0.2, 0.25) is 0 Å². The molecule has 0 spiro atoms. The van der Waals surface area contributed by atoms with Crippen LogP contribution < -0.4 is 16.2 Å². The molecular formula is C11H19N3O3S. The normalized spacial score (nSPS) is 13.6. The number of benzene rings is 1. The molecule has 0 saturated carbocycles. The molecule has 0 aliphatic carbocycles. The molecule has 7 heteroatoms. The number of sulfonamides is 1. The van der Waals surface area contributed by atoms with Gasteiger partial charge in [0.1, 0.15) is 0 Å². The fourth-order valence-corrected chi connectivity index (χ4v) is 2.00. The number of primary sulfonamides is 1. The molecule has 0 heterocycles. The van der Waals surface area contributed by atoms with Gasteiger partial charge in [-0.15, -0.1) is 0 Å². The van der Waals surface area contributed by atoms with Crippen molar-refractivity contribution >= 4 is 21.4 Å². The topological polar surface area (TPSA) is 118 Å². The molecule has 6 N–H and O–H groups in total. The Bertz CT molecular complexity index is 514. The predicted molar refractivity (Wildman–Crippen MR) is 71.6 cm³/mol. The van der Waals surface area contributed by atoms with Crippen LogP contribution in [0.4, 0.5) is 11.4 Å². The fraction of sp³-hybridized carbons (Fsp3) is 0.455. The second-order valence-corrected chi connectivity index (χ2v) is 6.03. The van der Waals surface area contributed by atoms with Gasteiger partial charge in [-0.1, -0.05) is 13.8 Å². The van der Waals surface area contributed by atoms with Crippen molar-refractivity contribution in [3.05, 3.63) is 18.2 Å². The second-order valence-electron chi connectivity index (χ2n) is 4.47. The molecule has 0 fully saturated rings. The van der Waals surface area contributed by atoms with E-state index in [1.54, 1.807) is 0 Å². The maximum absolute atomic E-state index is 11.2. The van der Waals surface area contributed by atoms with Crippen LogP contribution in [0.1, 0.15) is 13.8 Å². The molecule has 0 aliphatic heterocycles. The number of anilines is 2. The molecule has 1 aromatic carbocycles. The summed E-state index contributed by atoms with van der Waals surface area (Å²) in [6.45, 7) is 3.80. The maximum atomic E-state index is 11.2. The zero-order chi connectivity index (χ0) is 13.9. The van der Waals surface area contributed by atoms with Crippen molar-refractivity contribution in [1.82, 2.24) is 0 Å². The smallest absolute Gasteiger partial charge is 0.238 e. The molecule has 0 bridgehead atoms. The lowest BCUT2D eigenvalue weighted by atomic mass is 10.0. The lowest BCUT2D eigenvalue weighted by Gasteiger charge is -2.22. The SMILES string of the molecule is CC(C)[C@@H](CO)Nc1cc(S(N)(=O)=O)ccc1N. The minimum atomic E-state index is -3.76. The average molecular weight is 273 g/mol. The van der Waals surface area contributed by atoms with Crippen LogP contribution in [0.15, 0.2) is 23.1 Å². The number of nitrogen functional groups attached to an aromatic ring is 1. The number of rotatable bonds is 5. The second kappa shape index (κ2) is 5.55. The highest BCUT2D eigenvalue weighted by Gasteiger charge is 2.15. The third-order valence-electron chi connectivity index (χ3n) is 2.70. The van der Waals surface area contributed by atoms with E-state index < -0.39 is 10.0 Å². The summed E-state index contributed by atoms with van der Waals surface area (Å²) in [5.74, 6) is 0.174. The van der Waals surface area contributed by atoms with Crippen molar-refractivity contribution in [2.75, 3.05) is 17.7 Å². The van der Waals surface area contributed by atoms with E-state index >= 15 is 0 Å². The molecule has 0 saturated heterocycles. The number of hydrogen-bond acceptors (Lipinski definition) is 5. The Hall–Kier alpha value is -1.31. The van der Waals surface area contributed by atoms with Crippen LogP contribution in [0, 0.1) is 5.92 Å². The number of nitrogens with one attached hydrogen (secondary N) is 1. The Morgan fingerprint density at radius 1 is 1.39 bits per heavy atom. The van der Waals surface area contributed by atoms with Gasteiger partial charge in [-0.3, -0.25) is 0 Å². The molecule has 0 amide bonds. The first kappa shape index (κ1) is 14.7. The molecule has 1 aromatic rings. The van der Waals surface area contributed by atoms with Crippen LogP contribution in [0.25, 0.3) is 0 Å². The molecule has 0 radical (unpaired) electrons. The van der Waals surface area contributed by atoms with Crippen molar-refractivity contribution in [3.63, 3.8) is 0 Å². The van der Waals surface area contributed by atoms with Crippen molar-refractivity contribution in [1.29, 1.82) is 0 Å². The number of nitrogens with two attached hydrogens (primary N) is 2. The summed E-state index contributed by atoms with van der Waals surface area (Å²) < 4.78 is 22.5. The van der Waals surface area contributed by atoms with Gasteiger partial charge in [-0.05, 0) is 24.1 Å². The van der Waals surface area contributed by atoms with Gasteiger partial charge < -0.3 is 16.2 Å². The van der Waals surface area contributed by atoms with Crippen LogP contribution in [0.3, 0.4) is 0 Å². The first-order chi connectivity index (χ1) is 8.25. The Morgan fingerprint density at radius 2 is 2.00 bits per heavy atom. The maximum Gasteiger partial charge on any atom is 0.238 e. The van der Waals surface area contributed by atoms with Crippen LogP contribution in [0.5, 0.6) is 0 Å². The minimum absolute atomic E-state index is 0.0142. The highest BCUT2D eigenvalue weighted by Crippen LogP contribution is 2.24. The van der Waals surface area contributed by atoms with Crippen LogP contribution >= 0.6 is 0 Å². The van der Waals surface area contributed by atoms with E-state index in [2.05, 4.69) is 5.32 Å². The monoisotopic (exact) mass is 273 g/mol. The van der Waals surface area contributed by atoms with Gasteiger partial charge >= 0.3 is 0 Å². The molecule has 18 heavy (non-hydrogen) atoms.